The van der Waals surface area contributed by atoms with Gasteiger partial charge in [0, 0.05) is 17.3 Å². The average Bonchev–Trinajstić information content (AvgIpc) is 2.61. The molecule has 0 saturated heterocycles. The van der Waals surface area contributed by atoms with E-state index in [4.69, 9.17) is 21.1 Å². The highest BCUT2D eigenvalue weighted by atomic mass is 35.5. The summed E-state index contributed by atoms with van der Waals surface area (Å²) in [6.07, 6.45) is 0.552. The van der Waals surface area contributed by atoms with E-state index in [1.54, 1.807) is 44.6 Å². The smallest absolute Gasteiger partial charge is 0.313 e. The van der Waals surface area contributed by atoms with Gasteiger partial charge >= 0.3 is 11.8 Å². The summed E-state index contributed by atoms with van der Waals surface area (Å²) in [6, 6.07) is 12.1. The first-order chi connectivity index (χ1) is 12.0. The third kappa shape index (κ3) is 5.39. The Hall–Kier alpha value is -2.73. The number of amides is 2. The van der Waals surface area contributed by atoms with Crippen LogP contribution in [-0.4, -0.2) is 32.6 Å². The molecule has 2 aromatic carbocycles. The first kappa shape index (κ1) is 18.6. The van der Waals surface area contributed by atoms with Crippen LogP contribution < -0.4 is 20.1 Å². The lowest BCUT2D eigenvalue weighted by molar-refractivity contribution is -0.136. The maximum atomic E-state index is 11.8. The summed E-state index contributed by atoms with van der Waals surface area (Å²) >= 11 is 5.83. The minimum atomic E-state index is -0.741. The van der Waals surface area contributed by atoms with Gasteiger partial charge in [-0.1, -0.05) is 23.7 Å². The molecule has 0 heterocycles. The van der Waals surface area contributed by atoms with Gasteiger partial charge in [0.25, 0.3) is 0 Å². The predicted octanol–water partition coefficient (Wildman–Crippen LogP) is 2.65. The van der Waals surface area contributed by atoms with Crippen molar-refractivity contribution in [3.05, 3.63) is 53.1 Å². The van der Waals surface area contributed by atoms with Gasteiger partial charge in [-0.2, -0.15) is 0 Å². The van der Waals surface area contributed by atoms with Gasteiger partial charge in [0.15, 0.2) is 11.5 Å². The van der Waals surface area contributed by atoms with Gasteiger partial charge < -0.3 is 20.1 Å². The number of nitrogens with one attached hydrogen (secondary N) is 2. The van der Waals surface area contributed by atoms with E-state index in [9.17, 15) is 9.59 Å². The first-order valence-corrected chi connectivity index (χ1v) is 7.97. The van der Waals surface area contributed by atoms with Crippen LogP contribution in [0.15, 0.2) is 42.5 Å². The maximum absolute atomic E-state index is 11.8. The lowest BCUT2D eigenvalue weighted by Gasteiger charge is -2.10. The highest BCUT2D eigenvalue weighted by Gasteiger charge is 2.13. The Morgan fingerprint density at radius 3 is 2.44 bits per heavy atom. The van der Waals surface area contributed by atoms with Crippen molar-refractivity contribution in [2.24, 2.45) is 0 Å². The largest absolute Gasteiger partial charge is 0.493 e. The molecule has 0 aliphatic carbocycles. The van der Waals surface area contributed by atoms with Crippen molar-refractivity contribution in [2.75, 3.05) is 26.1 Å². The predicted molar refractivity (Wildman–Crippen MR) is 96.3 cm³/mol. The molecule has 0 spiro atoms. The fraction of sp³-hybridized carbons (Fsp3) is 0.222. The van der Waals surface area contributed by atoms with Gasteiger partial charge in [0.2, 0.25) is 0 Å². The molecule has 0 aliphatic heterocycles. The SMILES string of the molecule is COc1ccc(CCNC(=O)C(=O)Nc2cccc(Cl)c2)cc1OC. The van der Waals surface area contributed by atoms with E-state index < -0.39 is 11.8 Å². The van der Waals surface area contributed by atoms with Crippen LogP contribution in [0.4, 0.5) is 5.69 Å². The Morgan fingerprint density at radius 1 is 1.00 bits per heavy atom. The molecule has 132 valence electrons. The van der Waals surface area contributed by atoms with Crippen LogP contribution in [0.3, 0.4) is 0 Å². The Labute approximate surface area is 151 Å². The van der Waals surface area contributed by atoms with Crippen molar-refractivity contribution in [3.8, 4) is 11.5 Å². The molecule has 2 rings (SSSR count). The van der Waals surface area contributed by atoms with Crippen LogP contribution in [0, 0.1) is 0 Å². The number of anilines is 1. The number of ether oxygens (including phenoxy) is 2. The maximum Gasteiger partial charge on any atom is 0.313 e. The molecular formula is C18H19ClN2O4. The fourth-order valence-electron chi connectivity index (χ4n) is 2.19. The van der Waals surface area contributed by atoms with E-state index in [0.717, 1.165) is 5.56 Å². The number of hydrogen-bond donors (Lipinski definition) is 2. The van der Waals surface area contributed by atoms with Crippen LogP contribution in [-0.2, 0) is 16.0 Å². The molecule has 0 radical (unpaired) electrons. The average molecular weight is 363 g/mol. The van der Waals surface area contributed by atoms with Crippen molar-refractivity contribution < 1.29 is 19.1 Å². The Kier molecular flexibility index (Phi) is 6.65. The van der Waals surface area contributed by atoms with Crippen LogP contribution in [0.1, 0.15) is 5.56 Å². The number of carbonyl (C=O) groups is 2. The molecule has 0 unspecified atom stereocenters. The minimum Gasteiger partial charge on any atom is -0.493 e. The van der Waals surface area contributed by atoms with E-state index in [0.29, 0.717) is 35.2 Å². The molecule has 25 heavy (non-hydrogen) atoms. The molecule has 0 saturated carbocycles. The van der Waals surface area contributed by atoms with Crippen LogP contribution in [0.2, 0.25) is 5.02 Å². The highest BCUT2D eigenvalue weighted by Crippen LogP contribution is 2.27. The highest BCUT2D eigenvalue weighted by molar-refractivity contribution is 6.39. The van der Waals surface area contributed by atoms with Crippen LogP contribution in [0.25, 0.3) is 0 Å². The summed E-state index contributed by atoms with van der Waals surface area (Å²) in [6.45, 7) is 0.317. The minimum absolute atomic E-state index is 0.317. The van der Waals surface area contributed by atoms with Crippen molar-refractivity contribution >= 4 is 29.1 Å². The summed E-state index contributed by atoms with van der Waals surface area (Å²) < 4.78 is 10.4. The summed E-state index contributed by atoms with van der Waals surface area (Å²) in [5.74, 6) is -0.198. The van der Waals surface area contributed by atoms with Crippen LogP contribution >= 0.6 is 11.6 Å². The molecule has 2 N–H and O–H groups in total. The van der Waals surface area contributed by atoms with Gasteiger partial charge in [-0.3, -0.25) is 9.59 Å². The van der Waals surface area contributed by atoms with Crippen molar-refractivity contribution in [3.63, 3.8) is 0 Å². The summed E-state index contributed by atoms with van der Waals surface area (Å²) in [4.78, 5) is 23.7. The molecule has 0 atom stereocenters. The molecule has 0 aromatic heterocycles. The summed E-state index contributed by atoms with van der Waals surface area (Å²) in [5.41, 5.74) is 1.42. The molecular weight excluding hydrogens is 344 g/mol. The second-order valence-electron chi connectivity index (χ2n) is 5.16. The number of benzene rings is 2. The van der Waals surface area contributed by atoms with Crippen molar-refractivity contribution in [1.82, 2.24) is 5.32 Å². The van der Waals surface area contributed by atoms with Gasteiger partial charge in [-0.05, 0) is 42.3 Å². The molecule has 0 bridgehead atoms. The number of methoxy groups -OCH3 is 2. The van der Waals surface area contributed by atoms with E-state index >= 15 is 0 Å². The standard InChI is InChI=1S/C18H19ClN2O4/c1-24-15-7-6-12(10-16(15)25-2)8-9-20-17(22)18(23)21-14-5-3-4-13(19)11-14/h3-7,10-11H,8-9H2,1-2H3,(H,20,22)(H,21,23). The van der Waals surface area contributed by atoms with Crippen molar-refractivity contribution in [1.29, 1.82) is 0 Å². The zero-order valence-corrected chi connectivity index (χ0v) is 14.7. The quantitative estimate of drug-likeness (QED) is 0.774. The summed E-state index contributed by atoms with van der Waals surface area (Å²) in [7, 11) is 3.12. The van der Waals surface area contributed by atoms with E-state index in [1.165, 1.54) is 0 Å². The fourth-order valence-corrected chi connectivity index (χ4v) is 2.38. The molecule has 2 aromatic rings. The second-order valence-corrected chi connectivity index (χ2v) is 5.60. The zero-order chi connectivity index (χ0) is 18.2. The first-order valence-electron chi connectivity index (χ1n) is 7.59. The molecule has 6 nitrogen and oxygen atoms in total. The number of hydrogen-bond acceptors (Lipinski definition) is 4. The van der Waals surface area contributed by atoms with Crippen molar-refractivity contribution in [2.45, 2.75) is 6.42 Å². The van der Waals surface area contributed by atoms with Gasteiger partial charge in [0.05, 0.1) is 14.2 Å². The lowest BCUT2D eigenvalue weighted by atomic mass is 10.1. The summed E-state index contributed by atoms with van der Waals surface area (Å²) in [5, 5.41) is 5.55. The third-order valence-electron chi connectivity index (χ3n) is 3.44. The normalized spacial score (nSPS) is 10.0. The second kappa shape index (κ2) is 8.94. The number of halogens is 1. The third-order valence-corrected chi connectivity index (χ3v) is 3.67. The molecule has 2 amide bonds. The monoisotopic (exact) mass is 362 g/mol. The number of carbonyl (C=O) groups excluding carboxylic acids is 2. The number of rotatable bonds is 6. The van der Waals surface area contributed by atoms with Crippen LogP contribution in [0.5, 0.6) is 11.5 Å². The van der Waals surface area contributed by atoms with Gasteiger partial charge in [-0.15, -0.1) is 0 Å². The zero-order valence-electron chi connectivity index (χ0n) is 14.0. The lowest BCUT2D eigenvalue weighted by Crippen LogP contribution is -2.36. The van der Waals surface area contributed by atoms with E-state index in [-0.39, 0.29) is 0 Å². The molecule has 0 fully saturated rings. The van der Waals surface area contributed by atoms with E-state index in [1.807, 2.05) is 12.1 Å². The Morgan fingerprint density at radius 2 is 1.76 bits per heavy atom. The van der Waals surface area contributed by atoms with Gasteiger partial charge in [-0.25, -0.2) is 0 Å². The van der Waals surface area contributed by atoms with Gasteiger partial charge in [0.1, 0.15) is 0 Å². The molecule has 7 heteroatoms. The van der Waals surface area contributed by atoms with E-state index in [2.05, 4.69) is 10.6 Å². The Balaban J connectivity index is 1.84. The Bertz CT molecular complexity index is 764. The molecule has 0 aliphatic rings. The topological polar surface area (TPSA) is 76.7 Å².